The van der Waals surface area contributed by atoms with Gasteiger partial charge in [-0.3, -0.25) is 16.3 Å². The van der Waals surface area contributed by atoms with Gasteiger partial charge in [-0.2, -0.15) is 0 Å². The Bertz CT molecular complexity index is 2670. The number of nitrogens with zero attached hydrogens (tertiary/aromatic N) is 3. The van der Waals surface area contributed by atoms with Crippen molar-refractivity contribution in [2.24, 2.45) is 5.92 Å². The molecule has 0 saturated carbocycles. The summed E-state index contributed by atoms with van der Waals surface area (Å²) in [6.45, 7) is 16.3. The van der Waals surface area contributed by atoms with E-state index in [1.807, 2.05) is 42.5 Å². The number of thiophene rings is 1. The van der Waals surface area contributed by atoms with Gasteiger partial charge in [0.1, 0.15) is 0 Å². The average Bonchev–Trinajstić information content (AvgIpc) is 3.79. The Morgan fingerprint density at radius 1 is 0.839 bits per heavy atom. The Labute approximate surface area is 356 Å². The fourth-order valence-corrected chi connectivity index (χ4v) is 9.51. The van der Waals surface area contributed by atoms with Gasteiger partial charge in [0.25, 0.3) is 0 Å². The first-order valence-corrected chi connectivity index (χ1v) is 23.4. The Morgan fingerprint density at radius 2 is 1.54 bits per heavy atom. The van der Waals surface area contributed by atoms with Crippen LogP contribution >= 0.6 is 11.3 Å². The SMILES string of the molecule is CC(C)Cc1cc(-c2[c-]cccc2)ncc1[Si](C)(C)C.[2H]C([2H])([2H])c1ccc2c(-c3nc4ccccc4n3-c3ccc(-c4ccc(C(C)(C)C)cc4)cc3)[c-]sc2c1.[Ir]. The molecule has 0 N–H and O–H groups in total. The van der Waals surface area contributed by atoms with E-state index in [1.54, 1.807) is 12.1 Å². The minimum Gasteiger partial charge on any atom is -0.333 e. The standard InChI is InChI=1S/C32H27N2S.C18H24NSi.Ir/c1-21-9-18-26-27(20-35-30(26)19-21)31-33-28-7-5-6-8-29(28)34(31)25-16-12-23(13-17-25)22-10-14-24(15-11-22)32(2,3)4;1-14(2)11-16-12-17(15-9-7-6-8-10-15)19-13-18(16)20(3,4)5;/h5-19H,1-4H3;6-9,12-14H,11H2,1-5H3;/q2*-1;/i1D3;;. The second kappa shape index (κ2) is 17.0. The zero-order valence-corrected chi connectivity index (χ0v) is 37.7. The molecule has 8 aromatic rings. The molecule has 0 aliphatic rings. The van der Waals surface area contributed by atoms with Gasteiger partial charge in [-0.05, 0) is 76.4 Å². The minimum atomic E-state index is -2.14. The van der Waals surface area contributed by atoms with Gasteiger partial charge in [0.2, 0.25) is 0 Å². The van der Waals surface area contributed by atoms with Crippen LogP contribution in [0.25, 0.3) is 60.6 Å². The predicted molar refractivity (Wildman–Crippen MR) is 240 cm³/mol. The molecule has 0 aliphatic heterocycles. The largest absolute Gasteiger partial charge is 0.333 e. The smallest absolute Gasteiger partial charge is 0.0798 e. The van der Waals surface area contributed by atoms with Crippen molar-refractivity contribution in [1.29, 1.82) is 0 Å². The second-order valence-corrected chi connectivity index (χ2v) is 22.7. The van der Waals surface area contributed by atoms with E-state index < -0.39 is 14.9 Å². The van der Waals surface area contributed by atoms with Crippen molar-refractivity contribution in [3.8, 4) is 39.5 Å². The molecule has 3 nitrogen and oxygen atoms in total. The van der Waals surface area contributed by atoms with Gasteiger partial charge in [-0.15, -0.1) is 47.3 Å². The third-order valence-electron chi connectivity index (χ3n) is 9.92. The van der Waals surface area contributed by atoms with E-state index in [1.165, 1.54) is 33.2 Å². The first kappa shape index (κ1) is 37.1. The molecule has 8 rings (SSSR count). The Hall–Kier alpha value is -4.45. The molecule has 0 aliphatic carbocycles. The van der Waals surface area contributed by atoms with E-state index in [0.717, 1.165) is 61.4 Å². The summed E-state index contributed by atoms with van der Waals surface area (Å²) < 4.78 is 26.4. The van der Waals surface area contributed by atoms with E-state index >= 15 is 0 Å². The third-order valence-corrected chi connectivity index (χ3v) is 12.8. The summed E-state index contributed by atoms with van der Waals surface area (Å²) in [7, 11) is -1.34. The maximum atomic E-state index is 7.77. The summed E-state index contributed by atoms with van der Waals surface area (Å²) in [5.74, 6) is 1.46. The van der Waals surface area contributed by atoms with Crippen LogP contribution in [0.5, 0.6) is 0 Å². The molecule has 0 spiro atoms. The molecule has 5 aromatic carbocycles. The van der Waals surface area contributed by atoms with Crippen LogP contribution in [-0.2, 0) is 31.9 Å². The summed E-state index contributed by atoms with van der Waals surface area (Å²) in [4.78, 5) is 9.68. The summed E-state index contributed by atoms with van der Waals surface area (Å²) in [5, 5.41) is 5.85. The van der Waals surface area contributed by atoms with Crippen molar-refractivity contribution in [2.45, 2.75) is 72.9 Å². The zero-order valence-electron chi connectivity index (χ0n) is 36.5. The van der Waals surface area contributed by atoms with Crippen molar-refractivity contribution in [1.82, 2.24) is 14.5 Å². The van der Waals surface area contributed by atoms with E-state index in [0.29, 0.717) is 11.5 Å². The number of hydrogen-bond acceptors (Lipinski definition) is 3. The third kappa shape index (κ3) is 9.06. The topological polar surface area (TPSA) is 30.7 Å². The van der Waals surface area contributed by atoms with E-state index in [2.05, 4.69) is 148 Å². The average molecular weight is 949 g/mol. The fourth-order valence-electron chi connectivity index (χ4n) is 7.04. The van der Waals surface area contributed by atoms with Crippen LogP contribution in [0.3, 0.4) is 0 Å². The van der Waals surface area contributed by atoms with Gasteiger partial charge in [0, 0.05) is 36.1 Å². The van der Waals surface area contributed by atoms with Crippen molar-refractivity contribution >= 4 is 45.7 Å². The van der Waals surface area contributed by atoms with E-state index in [9.17, 15) is 0 Å². The minimum absolute atomic E-state index is 0. The first-order chi connectivity index (χ1) is 27.5. The number of hydrogen-bond donors (Lipinski definition) is 0. The number of rotatable bonds is 7. The Kier molecular flexibility index (Phi) is 11.2. The number of pyridine rings is 1. The van der Waals surface area contributed by atoms with Gasteiger partial charge in [-0.25, -0.2) is 0 Å². The van der Waals surface area contributed by atoms with Gasteiger partial charge in [0.15, 0.2) is 0 Å². The molecule has 1 radical (unpaired) electrons. The molecular formula is C50H51IrN3SSi-2. The molecule has 6 heteroatoms. The quantitative estimate of drug-likeness (QED) is 0.118. The van der Waals surface area contributed by atoms with Crippen molar-refractivity contribution < 1.29 is 24.2 Å². The summed E-state index contributed by atoms with van der Waals surface area (Å²) >= 11 is 1.43. The van der Waals surface area contributed by atoms with E-state index in [4.69, 9.17) is 9.10 Å². The van der Waals surface area contributed by atoms with Crippen molar-refractivity contribution in [2.75, 3.05) is 0 Å². The molecule has 0 amide bonds. The fraction of sp³-hybridized carbons (Fsp3) is 0.240. The van der Waals surface area contributed by atoms with Crippen molar-refractivity contribution in [3.63, 3.8) is 0 Å². The van der Waals surface area contributed by atoms with Gasteiger partial charge in [0.05, 0.1) is 24.9 Å². The molecule has 0 atom stereocenters. The Balaban J connectivity index is 0.000000236. The molecule has 0 fully saturated rings. The summed E-state index contributed by atoms with van der Waals surface area (Å²) in [5.41, 5.74) is 11.5. The summed E-state index contributed by atoms with van der Waals surface area (Å²) in [6, 6.07) is 44.4. The number of benzene rings is 5. The predicted octanol–water partition coefficient (Wildman–Crippen LogP) is 13.3. The summed E-state index contributed by atoms with van der Waals surface area (Å²) in [6.07, 6.45) is 3.24. The molecule has 0 unspecified atom stereocenters. The maximum absolute atomic E-state index is 7.77. The van der Waals surface area contributed by atoms with Crippen LogP contribution in [-0.4, -0.2) is 22.6 Å². The maximum Gasteiger partial charge on any atom is 0.0798 e. The number of aryl methyl sites for hydroxylation is 1. The number of aromatic nitrogens is 3. The van der Waals surface area contributed by atoms with Crippen LogP contribution < -0.4 is 5.19 Å². The molecular weight excluding hydrogens is 895 g/mol. The van der Waals surface area contributed by atoms with Crippen LogP contribution in [0.2, 0.25) is 19.6 Å². The van der Waals surface area contributed by atoms with Crippen LogP contribution in [0.1, 0.15) is 55.4 Å². The molecule has 287 valence electrons. The molecule has 56 heavy (non-hydrogen) atoms. The van der Waals surface area contributed by atoms with Gasteiger partial charge < -0.3 is 9.55 Å². The number of imidazole rings is 1. The zero-order chi connectivity index (χ0) is 41.4. The molecule has 0 bridgehead atoms. The van der Waals surface area contributed by atoms with Crippen LogP contribution in [0.15, 0.2) is 128 Å². The number of fused-ring (bicyclic) bond motifs is 2. The van der Waals surface area contributed by atoms with Gasteiger partial charge in [-0.1, -0.05) is 148 Å². The van der Waals surface area contributed by atoms with Gasteiger partial charge >= 0.3 is 0 Å². The van der Waals surface area contributed by atoms with Crippen LogP contribution in [0.4, 0.5) is 0 Å². The van der Waals surface area contributed by atoms with Crippen molar-refractivity contribution in [3.05, 3.63) is 156 Å². The normalized spacial score (nSPS) is 12.8. The number of para-hydroxylation sites is 2. The second-order valence-electron chi connectivity index (χ2n) is 16.8. The monoisotopic (exact) mass is 949 g/mol. The Morgan fingerprint density at radius 3 is 2.18 bits per heavy atom. The molecule has 3 heterocycles. The van der Waals surface area contributed by atoms with E-state index in [-0.39, 0.29) is 25.5 Å². The molecule has 3 aromatic heterocycles. The molecule has 0 saturated heterocycles. The first-order valence-electron chi connectivity index (χ1n) is 20.6. The van der Waals surface area contributed by atoms with Crippen LogP contribution in [0, 0.1) is 24.2 Å².